The van der Waals surface area contributed by atoms with Gasteiger partial charge in [0, 0.05) is 43.2 Å². The summed E-state index contributed by atoms with van der Waals surface area (Å²) in [6, 6.07) is 8.14. The average molecular weight is 332 g/mol. The van der Waals surface area contributed by atoms with Crippen LogP contribution in [0, 0.1) is 5.92 Å². The second-order valence-electron chi connectivity index (χ2n) is 6.59. The van der Waals surface area contributed by atoms with E-state index in [-0.39, 0.29) is 17.7 Å². The molecule has 0 aromatic heterocycles. The van der Waals surface area contributed by atoms with Crippen molar-refractivity contribution in [1.29, 1.82) is 0 Å². The third-order valence-electron chi connectivity index (χ3n) is 4.67. The average Bonchev–Trinajstić information content (AvgIpc) is 2.97. The number of thioether (sulfide) groups is 1. The van der Waals surface area contributed by atoms with Crippen LogP contribution in [0.2, 0.25) is 0 Å². The van der Waals surface area contributed by atoms with E-state index in [1.807, 2.05) is 28.8 Å². The van der Waals surface area contributed by atoms with Crippen LogP contribution in [0.4, 0.5) is 5.69 Å². The molecule has 1 unspecified atom stereocenters. The molecule has 2 aliphatic heterocycles. The fourth-order valence-corrected chi connectivity index (χ4v) is 4.11. The summed E-state index contributed by atoms with van der Waals surface area (Å²) in [6.07, 6.45) is 0.342. The highest BCUT2D eigenvalue weighted by Gasteiger charge is 2.37. The van der Waals surface area contributed by atoms with Gasteiger partial charge in [-0.3, -0.25) is 9.59 Å². The van der Waals surface area contributed by atoms with E-state index in [0.29, 0.717) is 18.9 Å². The minimum atomic E-state index is -0.185. The zero-order valence-corrected chi connectivity index (χ0v) is 14.6. The standard InChI is InChI=1S/C18H24N2O2S/c1-13(2)14-3-5-16(6-4-14)20-12-15(11-17(20)21)18(22)19-7-9-23-10-8-19/h3-6,13,15H,7-12H2,1-2H3. The number of carbonyl (C=O) groups excluding carboxylic acids is 2. The van der Waals surface area contributed by atoms with Crippen LogP contribution in [0.3, 0.4) is 0 Å². The van der Waals surface area contributed by atoms with Crippen LogP contribution >= 0.6 is 11.8 Å². The molecule has 2 amide bonds. The lowest BCUT2D eigenvalue weighted by atomic mass is 10.0. The zero-order valence-electron chi connectivity index (χ0n) is 13.8. The Bertz CT molecular complexity index is 579. The minimum Gasteiger partial charge on any atom is -0.341 e. The molecule has 1 atom stereocenters. The number of nitrogens with zero attached hydrogens (tertiary/aromatic N) is 2. The fourth-order valence-electron chi connectivity index (χ4n) is 3.20. The highest BCUT2D eigenvalue weighted by Crippen LogP contribution is 2.28. The lowest BCUT2D eigenvalue weighted by Gasteiger charge is -2.28. The van der Waals surface area contributed by atoms with Crippen molar-refractivity contribution in [3.05, 3.63) is 29.8 Å². The van der Waals surface area contributed by atoms with Gasteiger partial charge in [-0.15, -0.1) is 0 Å². The Balaban J connectivity index is 1.68. The van der Waals surface area contributed by atoms with Gasteiger partial charge in [0.1, 0.15) is 0 Å². The summed E-state index contributed by atoms with van der Waals surface area (Å²) < 4.78 is 0. The first kappa shape index (κ1) is 16.4. The van der Waals surface area contributed by atoms with Crippen LogP contribution in [0.25, 0.3) is 0 Å². The molecule has 0 radical (unpaired) electrons. The van der Waals surface area contributed by atoms with E-state index >= 15 is 0 Å². The lowest BCUT2D eigenvalue weighted by Crippen LogP contribution is -2.42. The third kappa shape index (κ3) is 3.55. The van der Waals surface area contributed by atoms with Crippen LogP contribution in [-0.2, 0) is 9.59 Å². The summed E-state index contributed by atoms with van der Waals surface area (Å²) in [7, 11) is 0. The topological polar surface area (TPSA) is 40.6 Å². The second-order valence-corrected chi connectivity index (χ2v) is 7.81. The summed E-state index contributed by atoms with van der Waals surface area (Å²) in [5.74, 6) is 2.52. The highest BCUT2D eigenvalue weighted by atomic mass is 32.2. The highest BCUT2D eigenvalue weighted by molar-refractivity contribution is 7.99. The maximum atomic E-state index is 12.6. The van der Waals surface area contributed by atoms with Crippen molar-refractivity contribution < 1.29 is 9.59 Å². The summed E-state index contributed by atoms with van der Waals surface area (Å²) in [4.78, 5) is 28.6. The number of hydrogen-bond acceptors (Lipinski definition) is 3. The molecule has 0 spiro atoms. The van der Waals surface area contributed by atoms with Crippen molar-refractivity contribution >= 4 is 29.3 Å². The Morgan fingerprint density at radius 3 is 2.43 bits per heavy atom. The first-order valence-corrected chi connectivity index (χ1v) is 9.48. The second kappa shape index (κ2) is 6.95. The first-order valence-electron chi connectivity index (χ1n) is 8.33. The van der Waals surface area contributed by atoms with Crippen molar-refractivity contribution in [2.75, 3.05) is 36.0 Å². The van der Waals surface area contributed by atoms with Gasteiger partial charge in [-0.25, -0.2) is 0 Å². The van der Waals surface area contributed by atoms with Gasteiger partial charge in [-0.1, -0.05) is 26.0 Å². The Labute approximate surface area is 142 Å². The van der Waals surface area contributed by atoms with E-state index in [1.54, 1.807) is 4.90 Å². The fraction of sp³-hybridized carbons (Fsp3) is 0.556. The molecule has 2 saturated heterocycles. The molecule has 5 heteroatoms. The number of rotatable bonds is 3. The van der Waals surface area contributed by atoms with Crippen molar-refractivity contribution in [3.8, 4) is 0 Å². The van der Waals surface area contributed by atoms with Crippen molar-refractivity contribution in [2.24, 2.45) is 5.92 Å². The van der Waals surface area contributed by atoms with Gasteiger partial charge in [0.2, 0.25) is 11.8 Å². The van der Waals surface area contributed by atoms with Gasteiger partial charge >= 0.3 is 0 Å². The molecule has 0 bridgehead atoms. The van der Waals surface area contributed by atoms with Gasteiger partial charge in [0.05, 0.1) is 5.92 Å². The summed E-state index contributed by atoms with van der Waals surface area (Å²) in [5, 5.41) is 0. The van der Waals surface area contributed by atoms with E-state index in [1.165, 1.54) is 5.56 Å². The molecule has 2 fully saturated rings. The SMILES string of the molecule is CC(C)c1ccc(N2CC(C(=O)N3CCSCC3)CC2=O)cc1. The van der Waals surface area contributed by atoms with Gasteiger partial charge in [-0.05, 0) is 23.6 Å². The predicted octanol–water partition coefficient (Wildman–Crippen LogP) is 2.74. The Morgan fingerprint density at radius 2 is 1.83 bits per heavy atom. The maximum absolute atomic E-state index is 12.6. The zero-order chi connectivity index (χ0) is 16.4. The first-order chi connectivity index (χ1) is 11.1. The summed E-state index contributed by atoms with van der Waals surface area (Å²) in [6.45, 7) is 6.46. The largest absolute Gasteiger partial charge is 0.341 e. The molecule has 2 heterocycles. The van der Waals surface area contributed by atoms with E-state index < -0.39 is 0 Å². The van der Waals surface area contributed by atoms with Crippen LogP contribution in [0.1, 0.15) is 31.7 Å². The molecule has 3 rings (SSSR count). The Morgan fingerprint density at radius 1 is 1.17 bits per heavy atom. The van der Waals surface area contributed by atoms with Gasteiger partial charge < -0.3 is 9.80 Å². The molecule has 2 aliphatic rings. The molecule has 0 saturated carbocycles. The van der Waals surface area contributed by atoms with E-state index in [9.17, 15) is 9.59 Å². The molecule has 23 heavy (non-hydrogen) atoms. The van der Waals surface area contributed by atoms with E-state index in [0.717, 1.165) is 30.3 Å². The van der Waals surface area contributed by atoms with E-state index in [4.69, 9.17) is 0 Å². The van der Waals surface area contributed by atoms with Crippen molar-refractivity contribution in [1.82, 2.24) is 4.90 Å². The van der Waals surface area contributed by atoms with Crippen LogP contribution in [0.5, 0.6) is 0 Å². The van der Waals surface area contributed by atoms with Crippen molar-refractivity contribution in [3.63, 3.8) is 0 Å². The molecule has 0 N–H and O–H groups in total. The Hall–Kier alpha value is -1.49. The van der Waals surface area contributed by atoms with Gasteiger partial charge in [0.15, 0.2) is 0 Å². The monoisotopic (exact) mass is 332 g/mol. The number of hydrogen-bond donors (Lipinski definition) is 0. The molecular weight excluding hydrogens is 308 g/mol. The minimum absolute atomic E-state index is 0.0621. The molecule has 124 valence electrons. The smallest absolute Gasteiger partial charge is 0.228 e. The Kier molecular flexibility index (Phi) is 4.95. The quantitative estimate of drug-likeness (QED) is 0.854. The van der Waals surface area contributed by atoms with Crippen LogP contribution in [-0.4, -0.2) is 47.9 Å². The molecular formula is C18H24N2O2S. The maximum Gasteiger partial charge on any atom is 0.228 e. The predicted molar refractivity (Wildman–Crippen MR) is 94.9 cm³/mol. The summed E-state index contributed by atoms with van der Waals surface area (Å²) >= 11 is 1.89. The normalized spacial score (nSPS) is 22.0. The number of benzene rings is 1. The van der Waals surface area contributed by atoms with Crippen LogP contribution < -0.4 is 4.90 Å². The molecule has 1 aromatic rings. The third-order valence-corrected chi connectivity index (χ3v) is 5.61. The number of amides is 2. The molecule has 1 aromatic carbocycles. The van der Waals surface area contributed by atoms with Gasteiger partial charge in [0.25, 0.3) is 0 Å². The molecule has 0 aliphatic carbocycles. The van der Waals surface area contributed by atoms with E-state index in [2.05, 4.69) is 26.0 Å². The number of carbonyl (C=O) groups is 2. The van der Waals surface area contributed by atoms with Crippen molar-refractivity contribution in [2.45, 2.75) is 26.2 Å². The molecule has 4 nitrogen and oxygen atoms in total. The summed E-state index contributed by atoms with van der Waals surface area (Å²) in [5.41, 5.74) is 2.17. The number of anilines is 1. The van der Waals surface area contributed by atoms with Crippen LogP contribution in [0.15, 0.2) is 24.3 Å². The lowest BCUT2D eigenvalue weighted by molar-refractivity contribution is -0.135. The van der Waals surface area contributed by atoms with Gasteiger partial charge in [-0.2, -0.15) is 11.8 Å².